The highest BCUT2D eigenvalue weighted by Gasteiger charge is 2.38. The zero-order valence-electron chi connectivity index (χ0n) is 10.3. The summed E-state index contributed by atoms with van der Waals surface area (Å²) in [5.74, 6) is 7.36. The molecule has 0 aromatic rings. The van der Waals surface area contributed by atoms with Crippen LogP contribution < -0.4 is 11.3 Å². The summed E-state index contributed by atoms with van der Waals surface area (Å²) in [5, 5.41) is 0. The fraction of sp³-hybridized carbons (Fsp3) is 0.917. The fourth-order valence-electron chi connectivity index (χ4n) is 2.90. The average Bonchev–Trinajstić information content (AvgIpc) is 2.62. The van der Waals surface area contributed by atoms with Crippen LogP contribution in [0.15, 0.2) is 4.99 Å². The molecule has 1 saturated carbocycles. The van der Waals surface area contributed by atoms with Gasteiger partial charge in [0, 0.05) is 12.0 Å². The smallest absolute Gasteiger partial charge is 0.117 e. The molecule has 0 amide bonds. The van der Waals surface area contributed by atoms with Gasteiger partial charge in [0.05, 0.1) is 0 Å². The maximum atomic E-state index is 5.62. The van der Waals surface area contributed by atoms with Gasteiger partial charge in [-0.15, -0.1) is 0 Å². The number of hydrogen-bond acceptors (Lipinski definition) is 2. The Morgan fingerprint density at radius 3 is 2.40 bits per heavy atom. The van der Waals surface area contributed by atoms with Crippen molar-refractivity contribution >= 4 is 5.84 Å². The minimum absolute atomic E-state index is 0.249. The van der Waals surface area contributed by atoms with Gasteiger partial charge >= 0.3 is 0 Å². The van der Waals surface area contributed by atoms with E-state index in [1.807, 2.05) is 0 Å². The molecule has 1 fully saturated rings. The minimum Gasteiger partial charge on any atom is -0.312 e. The van der Waals surface area contributed by atoms with Gasteiger partial charge in [0.2, 0.25) is 0 Å². The largest absolute Gasteiger partial charge is 0.312 e. The summed E-state index contributed by atoms with van der Waals surface area (Å²) in [6, 6.07) is 0. The zero-order chi connectivity index (χ0) is 11.3. The van der Waals surface area contributed by atoms with Crippen molar-refractivity contribution in [3.8, 4) is 0 Å². The normalized spacial score (nSPS) is 21.0. The Hall–Kier alpha value is -0.570. The van der Waals surface area contributed by atoms with Crippen LogP contribution in [0.1, 0.15) is 52.9 Å². The van der Waals surface area contributed by atoms with Crippen molar-refractivity contribution in [2.45, 2.75) is 52.9 Å². The van der Waals surface area contributed by atoms with E-state index in [9.17, 15) is 0 Å². The number of nitrogens with two attached hydrogens (primary N) is 1. The van der Waals surface area contributed by atoms with Gasteiger partial charge in [0.15, 0.2) is 0 Å². The monoisotopic (exact) mass is 211 g/mol. The Kier molecular flexibility index (Phi) is 4.58. The highest BCUT2D eigenvalue weighted by atomic mass is 15.3. The lowest BCUT2D eigenvalue weighted by atomic mass is 9.77. The summed E-state index contributed by atoms with van der Waals surface area (Å²) in [6.07, 6.45) is 6.33. The first kappa shape index (κ1) is 12.5. The highest BCUT2D eigenvalue weighted by molar-refractivity contribution is 5.88. The fourth-order valence-corrected chi connectivity index (χ4v) is 2.90. The van der Waals surface area contributed by atoms with Crippen LogP contribution in [0.2, 0.25) is 0 Å². The molecule has 1 rings (SSSR count). The van der Waals surface area contributed by atoms with Gasteiger partial charge in [-0.2, -0.15) is 0 Å². The van der Waals surface area contributed by atoms with Crippen molar-refractivity contribution in [1.29, 1.82) is 0 Å². The number of aliphatic imine (C=N–C) groups is 1. The lowest BCUT2D eigenvalue weighted by Crippen LogP contribution is -2.44. The third-order valence-electron chi connectivity index (χ3n) is 3.31. The van der Waals surface area contributed by atoms with Crippen molar-refractivity contribution in [3.63, 3.8) is 0 Å². The predicted octanol–water partition coefficient (Wildman–Crippen LogP) is 2.47. The Morgan fingerprint density at radius 1 is 1.40 bits per heavy atom. The first-order valence-corrected chi connectivity index (χ1v) is 6.16. The molecule has 0 aromatic heterocycles. The van der Waals surface area contributed by atoms with E-state index in [1.54, 1.807) is 0 Å². The van der Waals surface area contributed by atoms with Gasteiger partial charge in [-0.25, -0.2) is 5.84 Å². The van der Waals surface area contributed by atoms with E-state index in [-0.39, 0.29) is 5.41 Å². The molecule has 1 aliphatic carbocycles. The lowest BCUT2D eigenvalue weighted by Gasteiger charge is -2.32. The topological polar surface area (TPSA) is 50.4 Å². The third kappa shape index (κ3) is 2.94. The molecule has 0 bridgehead atoms. The molecule has 1 aliphatic rings. The second kappa shape index (κ2) is 5.50. The number of nitrogens with zero attached hydrogens (tertiary/aromatic N) is 1. The van der Waals surface area contributed by atoms with Crippen LogP contribution in [0.3, 0.4) is 0 Å². The first-order chi connectivity index (χ1) is 7.14. The van der Waals surface area contributed by atoms with Crippen molar-refractivity contribution in [1.82, 2.24) is 5.43 Å². The van der Waals surface area contributed by atoms with Crippen molar-refractivity contribution in [3.05, 3.63) is 0 Å². The first-order valence-electron chi connectivity index (χ1n) is 6.16. The summed E-state index contributed by atoms with van der Waals surface area (Å²) in [6.45, 7) is 7.44. The van der Waals surface area contributed by atoms with Gasteiger partial charge < -0.3 is 5.43 Å². The number of rotatable bonds is 4. The molecule has 0 aromatic carbocycles. The van der Waals surface area contributed by atoms with Crippen LogP contribution in [-0.2, 0) is 0 Å². The van der Waals surface area contributed by atoms with Gasteiger partial charge in [-0.1, -0.05) is 26.7 Å². The predicted molar refractivity (Wildman–Crippen MR) is 65.7 cm³/mol. The molecule has 0 saturated heterocycles. The molecule has 3 nitrogen and oxygen atoms in total. The third-order valence-corrected chi connectivity index (χ3v) is 3.31. The number of amidine groups is 1. The van der Waals surface area contributed by atoms with Gasteiger partial charge in [0.25, 0.3) is 0 Å². The molecule has 15 heavy (non-hydrogen) atoms. The lowest BCUT2D eigenvalue weighted by molar-refractivity contribution is 0.330. The van der Waals surface area contributed by atoms with E-state index in [4.69, 9.17) is 5.84 Å². The second-order valence-corrected chi connectivity index (χ2v) is 5.05. The molecule has 3 N–H and O–H groups in total. The standard InChI is InChI=1S/C12H25N3/c1-4-14-11(15-13)12(9-10(2)3)7-5-6-8-12/h10H,4-9,13H2,1-3H3,(H,14,15). The van der Waals surface area contributed by atoms with Gasteiger partial charge in [0.1, 0.15) is 5.84 Å². The maximum Gasteiger partial charge on any atom is 0.117 e. The quantitative estimate of drug-likeness (QED) is 0.325. The minimum atomic E-state index is 0.249. The molecular weight excluding hydrogens is 186 g/mol. The van der Waals surface area contributed by atoms with Gasteiger partial charge in [-0.05, 0) is 32.1 Å². The molecule has 0 unspecified atom stereocenters. The number of hydrazine groups is 1. The molecule has 0 heterocycles. The van der Waals surface area contributed by atoms with Crippen molar-refractivity contribution in [2.75, 3.05) is 6.54 Å². The average molecular weight is 211 g/mol. The Morgan fingerprint density at radius 2 is 2.00 bits per heavy atom. The molecule has 0 aliphatic heterocycles. The summed E-state index contributed by atoms with van der Waals surface area (Å²) in [4.78, 5) is 4.53. The number of nitrogens with one attached hydrogen (secondary N) is 1. The maximum absolute atomic E-state index is 5.62. The van der Waals surface area contributed by atoms with E-state index >= 15 is 0 Å². The van der Waals surface area contributed by atoms with Gasteiger partial charge in [-0.3, -0.25) is 4.99 Å². The van der Waals surface area contributed by atoms with E-state index in [0.29, 0.717) is 5.92 Å². The van der Waals surface area contributed by atoms with Crippen LogP contribution in [0.25, 0.3) is 0 Å². The Labute approximate surface area is 93.5 Å². The zero-order valence-corrected chi connectivity index (χ0v) is 10.3. The van der Waals surface area contributed by atoms with Crippen molar-refractivity contribution in [2.24, 2.45) is 22.2 Å². The summed E-state index contributed by atoms with van der Waals surface area (Å²) < 4.78 is 0. The summed E-state index contributed by atoms with van der Waals surface area (Å²) in [7, 11) is 0. The van der Waals surface area contributed by atoms with Crippen LogP contribution in [0.4, 0.5) is 0 Å². The van der Waals surface area contributed by atoms with E-state index in [0.717, 1.165) is 12.4 Å². The highest BCUT2D eigenvalue weighted by Crippen LogP contribution is 2.43. The molecule has 0 spiro atoms. The molecule has 0 atom stereocenters. The van der Waals surface area contributed by atoms with Crippen molar-refractivity contribution < 1.29 is 0 Å². The molecule has 88 valence electrons. The second-order valence-electron chi connectivity index (χ2n) is 5.05. The molecular formula is C12H25N3. The van der Waals surface area contributed by atoms with Crippen LogP contribution in [0, 0.1) is 11.3 Å². The summed E-state index contributed by atoms with van der Waals surface area (Å²) in [5.41, 5.74) is 3.09. The van der Waals surface area contributed by atoms with Crippen LogP contribution >= 0.6 is 0 Å². The Bertz CT molecular complexity index is 215. The van der Waals surface area contributed by atoms with Crippen LogP contribution in [-0.4, -0.2) is 12.4 Å². The van der Waals surface area contributed by atoms with E-state index in [1.165, 1.54) is 32.1 Å². The van der Waals surface area contributed by atoms with E-state index in [2.05, 4.69) is 31.2 Å². The number of hydrogen-bond donors (Lipinski definition) is 2. The van der Waals surface area contributed by atoms with E-state index < -0.39 is 0 Å². The molecule has 3 heteroatoms. The Balaban J connectivity index is 2.83. The summed E-state index contributed by atoms with van der Waals surface area (Å²) >= 11 is 0. The molecule has 0 radical (unpaired) electrons. The SMILES string of the molecule is CCN=C(NN)C1(CC(C)C)CCCC1. The van der Waals surface area contributed by atoms with Crippen LogP contribution in [0.5, 0.6) is 0 Å².